The number of amides is 1. The minimum absolute atomic E-state index is 0.511. The summed E-state index contributed by atoms with van der Waals surface area (Å²) in [5, 5.41) is 2.74. The van der Waals surface area contributed by atoms with Crippen LogP contribution in [-0.4, -0.2) is 10.8 Å². The van der Waals surface area contributed by atoms with Crippen LogP contribution in [0, 0.1) is 0 Å². The molecule has 1 aromatic carbocycles. The normalized spacial score (nSPS) is 10.7. The maximum Gasteiger partial charge on any atom is 0.211 e. The molecule has 0 bridgehead atoms. The lowest BCUT2D eigenvalue weighted by molar-refractivity contribution is -0.105. The van der Waals surface area contributed by atoms with Crippen LogP contribution >= 0.6 is 0 Å². The lowest BCUT2D eigenvalue weighted by atomic mass is 10.1. The van der Waals surface area contributed by atoms with Crippen LogP contribution in [0.3, 0.4) is 0 Å². The Labute approximate surface area is 116 Å². The number of benzene rings is 1. The lowest BCUT2D eigenvalue weighted by Crippen LogP contribution is -1.96. The molecule has 3 aromatic rings. The Balaban J connectivity index is 2.22. The Morgan fingerprint density at radius 2 is 2.05 bits per heavy atom. The zero-order valence-corrected chi connectivity index (χ0v) is 10.9. The number of hydrogen-bond acceptors (Lipinski definition) is 2. The molecule has 0 unspecified atom stereocenters. The molecule has 0 aliphatic rings. The molecule has 3 N–H and O–H groups in total. The van der Waals surface area contributed by atoms with Crippen LogP contribution in [0.4, 0.5) is 5.69 Å². The summed E-state index contributed by atoms with van der Waals surface area (Å²) in [4.78, 5) is 10.7. The summed E-state index contributed by atoms with van der Waals surface area (Å²) in [6.07, 6.45) is 2.68. The number of fused-ring (bicyclic) bond motifs is 1. The van der Waals surface area contributed by atoms with Crippen molar-refractivity contribution in [3.63, 3.8) is 0 Å². The molecule has 0 spiro atoms. The molecule has 2 heterocycles. The van der Waals surface area contributed by atoms with Crippen LogP contribution in [0.25, 0.3) is 16.8 Å². The second-order valence-corrected chi connectivity index (χ2v) is 4.57. The Bertz CT molecular complexity index is 761. The second-order valence-electron chi connectivity index (χ2n) is 4.57. The third-order valence-corrected chi connectivity index (χ3v) is 3.35. The van der Waals surface area contributed by atoms with E-state index in [4.69, 9.17) is 5.73 Å². The molecule has 100 valence electrons. The first kappa shape index (κ1) is 12.4. The van der Waals surface area contributed by atoms with E-state index in [0.717, 1.165) is 28.0 Å². The summed E-state index contributed by atoms with van der Waals surface area (Å²) in [7, 11) is 0. The number of nitrogens with one attached hydrogen (secondary N) is 1. The number of pyridine rings is 1. The molecule has 4 nitrogen and oxygen atoms in total. The number of nitrogens with two attached hydrogens (primary N) is 1. The van der Waals surface area contributed by atoms with Crippen molar-refractivity contribution in [3.05, 3.63) is 60.3 Å². The quantitative estimate of drug-likeness (QED) is 0.712. The molecular formula is C16H15N3O. The van der Waals surface area contributed by atoms with Gasteiger partial charge in [-0.15, -0.1) is 0 Å². The van der Waals surface area contributed by atoms with E-state index in [0.29, 0.717) is 13.0 Å². The van der Waals surface area contributed by atoms with Crippen molar-refractivity contribution in [1.29, 1.82) is 0 Å². The van der Waals surface area contributed by atoms with Crippen LogP contribution in [0.5, 0.6) is 0 Å². The van der Waals surface area contributed by atoms with Crippen molar-refractivity contribution in [1.82, 2.24) is 4.40 Å². The van der Waals surface area contributed by atoms with Crippen molar-refractivity contribution in [2.75, 3.05) is 5.32 Å². The average molecular weight is 265 g/mol. The average Bonchev–Trinajstić information content (AvgIpc) is 2.87. The van der Waals surface area contributed by atoms with E-state index in [9.17, 15) is 4.79 Å². The third-order valence-electron chi connectivity index (χ3n) is 3.35. The van der Waals surface area contributed by atoms with Gasteiger partial charge in [-0.2, -0.15) is 0 Å². The first-order valence-corrected chi connectivity index (χ1v) is 6.43. The maximum atomic E-state index is 10.7. The molecule has 0 aliphatic heterocycles. The maximum absolute atomic E-state index is 10.7. The Hall–Kier alpha value is -2.59. The Morgan fingerprint density at radius 1 is 1.15 bits per heavy atom. The molecule has 0 aliphatic carbocycles. The van der Waals surface area contributed by atoms with Crippen LogP contribution < -0.4 is 11.1 Å². The predicted molar refractivity (Wildman–Crippen MR) is 80.4 cm³/mol. The van der Waals surface area contributed by atoms with Gasteiger partial charge in [-0.3, -0.25) is 4.79 Å². The van der Waals surface area contributed by atoms with Gasteiger partial charge in [-0.1, -0.05) is 24.3 Å². The second kappa shape index (κ2) is 5.19. The van der Waals surface area contributed by atoms with Gasteiger partial charge in [-0.05, 0) is 35.4 Å². The van der Waals surface area contributed by atoms with Gasteiger partial charge in [0.15, 0.2) is 0 Å². The zero-order chi connectivity index (χ0) is 13.9. The van der Waals surface area contributed by atoms with Crippen molar-refractivity contribution in [2.24, 2.45) is 5.73 Å². The monoisotopic (exact) mass is 265 g/mol. The smallest absolute Gasteiger partial charge is 0.211 e. The van der Waals surface area contributed by atoms with E-state index in [1.165, 1.54) is 0 Å². The summed E-state index contributed by atoms with van der Waals surface area (Å²) in [5.41, 5.74) is 10.6. The molecular weight excluding hydrogens is 250 g/mol. The van der Waals surface area contributed by atoms with Gasteiger partial charge < -0.3 is 15.5 Å². The van der Waals surface area contributed by atoms with Crippen LogP contribution in [0.1, 0.15) is 5.56 Å². The topological polar surface area (TPSA) is 59.5 Å². The summed E-state index contributed by atoms with van der Waals surface area (Å²) in [6.45, 7) is 0.511. The van der Waals surface area contributed by atoms with E-state index in [-0.39, 0.29) is 0 Å². The fourth-order valence-electron chi connectivity index (χ4n) is 2.41. The molecule has 4 heteroatoms. The van der Waals surface area contributed by atoms with Crippen LogP contribution in [-0.2, 0) is 11.3 Å². The van der Waals surface area contributed by atoms with Gasteiger partial charge in [0.05, 0.1) is 16.9 Å². The van der Waals surface area contributed by atoms with Gasteiger partial charge >= 0.3 is 0 Å². The van der Waals surface area contributed by atoms with Crippen molar-refractivity contribution in [3.8, 4) is 11.3 Å². The van der Waals surface area contributed by atoms with E-state index in [1.807, 2.05) is 48.7 Å². The summed E-state index contributed by atoms with van der Waals surface area (Å²) in [5.74, 6) is 0. The molecule has 3 rings (SSSR count). The SMILES string of the molecule is NCc1cccc(-c2cc(NC=O)c3ccccn23)c1. The number of carbonyl (C=O) groups excluding carboxylic acids is 1. The molecule has 2 aromatic heterocycles. The third kappa shape index (κ3) is 2.06. The molecule has 0 saturated heterocycles. The highest BCUT2D eigenvalue weighted by atomic mass is 16.1. The molecule has 1 amide bonds. The minimum atomic E-state index is 0.511. The highest BCUT2D eigenvalue weighted by molar-refractivity contribution is 5.88. The standard InChI is InChI=1S/C16H15N3O/c17-10-12-4-3-5-13(8-12)16-9-14(18-11-20)15-6-1-2-7-19(15)16/h1-9,11H,10,17H2,(H,18,20). The molecule has 0 fully saturated rings. The van der Waals surface area contributed by atoms with Crippen molar-refractivity contribution >= 4 is 17.6 Å². The summed E-state index contributed by atoms with van der Waals surface area (Å²) < 4.78 is 2.06. The van der Waals surface area contributed by atoms with Gasteiger partial charge in [0.25, 0.3) is 0 Å². The highest BCUT2D eigenvalue weighted by Crippen LogP contribution is 2.29. The first-order valence-electron chi connectivity index (χ1n) is 6.43. The summed E-state index contributed by atoms with van der Waals surface area (Å²) in [6, 6.07) is 16.0. The molecule has 20 heavy (non-hydrogen) atoms. The number of anilines is 1. The Morgan fingerprint density at radius 3 is 2.85 bits per heavy atom. The zero-order valence-electron chi connectivity index (χ0n) is 10.9. The number of rotatable bonds is 4. The fourth-order valence-corrected chi connectivity index (χ4v) is 2.41. The Kier molecular flexibility index (Phi) is 3.23. The number of nitrogens with zero attached hydrogens (tertiary/aromatic N) is 1. The van der Waals surface area contributed by atoms with E-state index >= 15 is 0 Å². The number of carbonyl (C=O) groups is 1. The fraction of sp³-hybridized carbons (Fsp3) is 0.0625. The molecule has 0 radical (unpaired) electrons. The predicted octanol–water partition coefficient (Wildman–Crippen LogP) is 2.63. The number of aromatic nitrogens is 1. The molecule has 0 saturated carbocycles. The lowest BCUT2D eigenvalue weighted by Gasteiger charge is -2.04. The van der Waals surface area contributed by atoms with Crippen LogP contribution in [0.15, 0.2) is 54.7 Å². The van der Waals surface area contributed by atoms with Crippen LogP contribution in [0.2, 0.25) is 0 Å². The van der Waals surface area contributed by atoms with Gasteiger partial charge in [-0.25, -0.2) is 0 Å². The van der Waals surface area contributed by atoms with Gasteiger partial charge in [0.1, 0.15) is 0 Å². The van der Waals surface area contributed by atoms with E-state index < -0.39 is 0 Å². The van der Waals surface area contributed by atoms with Gasteiger partial charge in [0, 0.05) is 12.7 Å². The minimum Gasteiger partial charge on any atom is -0.327 e. The van der Waals surface area contributed by atoms with Gasteiger partial charge in [0.2, 0.25) is 6.41 Å². The largest absolute Gasteiger partial charge is 0.327 e. The van der Waals surface area contributed by atoms with Crippen molar-refractivity contribution in [2.45, 2.75) is 6.54 Å². The summed E-state index contributed by atoms with van der Waals surface area (Å²) >= 11 is 0. The first-order chi connectivity index (χ1) is 9.83. The number of hydrogen-bond donors (Lipinski definition) is 2. The van der Waals surface area contributed by atoms with E-state index in [1.54, 1.807) is 0 Å². The van der Waals surface area contributed by atoms with E-state index in [2.05, 4.69) is 15.8 Å². The highest BCUT2D eigenvalue weighted by Gasteiger charge is 2.10. The van der Waals surface area contributed by atoms with Crippen molar-refractivity contribution < 1.29 is 4.79 Å². The molecule has 0 atom stereocenters.